The van der Waals surface area contributed by atoms with Crippen LogP contribution in [-0.4, -0.2) is 43.5 Å². The molecule has 1 amide bonds. The average molecular weight is 376 g/mol. The summed E-state index contributed by atoms with van der Waals surface area (Å²) in [7, 11) is 0. The van der Waals surface area contributed by atoms with Gasteiger partial charge in [-0.2, -0.15) is 0 Å². The molecule has 0 spiro atoms. The van der Waals surface area contributed by atoms with Crippen LogP contribution in [0.1, 0.15) is 12.8 Å². The minimum Gasteiger partial charge on any atom is -0.367 e. The van der Waals surface area contributed by atoms with Gasteiger partial charge < -0.3 is 10.2 Å². The van der Waals surface area contributed by atoms with Crippen molar-refractivity contribution in [3.05, 3.63) is 59.4 Å². The van der Waals surface area contributed by atoms with E-state index in [1.807, 2.05) is 12.1 Å². The van der Waals surface area contributed by atoms with Gasteiger partial charge in [0.15, 0.2) is 0 Å². The maximum absolute atomic E-state index is 13.9. The predicted octanol–water partition coefficient (Wildman–Crippen LogP) is 4.02. The fourth-order valence-corrected chi connectivity index (χ4v) is 3.27. The number of nitrogens with zero attached hydrogens (tertiary/aromatic N) is 2. The topological polar surface area (TPSA) is 35.6 Å². The van der Waals surface area contributed by atoms with Crippen molar-refractivity contribution in [1.29, 1.82) is 0 Å². The van der Waals surface area contributed by atoms with Gasteiger partial charge in [-0.3, -0.25) is 9.69 Å². The number of anilines is 2. The number of para-hydroxylation sites is 1. The molecule has 0 bridgehead atoms. The highest BCUT2D eigenvalue weighted by atomic mass is 35.5. The normalized spacial score (nSPS) is 15.1. The van der Waals surface area contributed by atoms with E-state index in [0.29, 0.717) is 17.1 Å². The molecule has 138 valence electrons. The SMILES string of the molecule is O=C(CCCN1CCN(c2ccccc2F)CC1)Nc1ccc(Cl)cc1. The van der Waals surface area contributed by atoms with Crippen LogP contribution in [0.4, 0.5) is 15.8 Å². The number of halogens is 2. The first-order valence-electron chi connectivity index (χ1n) is 8.89. The zero-order valence-corrected chi connectivity index (χ0v) is 15.4. The van der Waals surface area contributed by atoms with E-state index in [-0.39, 0.29) is 11.7 Å². The molecule has 26 heavy (non-hydrogen) atoms. The van der Waals surface area contributed by atoms with Crippen molar-refractivity contribution in [2.75, 3.05) is 42.9 Å². The Bertz CT molecular complexity index is 730. The number of hydrogen-bond donors (Lipinski definition) is 1. The zero-order chi connectivity index (χ0) is 18.4. The van der Waals surface area contributed by atoms with Gasteiger partial charge in [0, 0.05) is 43.3 Å². The number of piperazine rings is 1. The second-order valence-electron chi connectivity index (χ2n) is 6.44. The number of rotatable bonds is 6. The zero-order valence-electron chi connectivity index (χ0n) is 14.6. The average Bonchev–Trinajstić information content (AvgIpc) is 2.65. The lowest BCUT2D eigenvalue weighted by molar-refractivity contribution is -0.116. The third kappa shape index (κ3) is 5.19. The van der Waals surface area contributed by atoms with Crippen LogP contribution in [0, 0.1) is 5.82 Å². The van der Waals surface area contributed by atoms with Crippen LogP contribution in [0.2, 0.25) is 5.02 Å². The Morgan fingerprint density at radius 2 is 1.73 bits per heavy atom. The molecule has 1 fully saturated rings. The van der Waals surface area contributed by atoms with Crippen LogP contribution in [0.5, 0.6) is 0 Å². The molecule has 0 unspecified atom stereocenters. The smallest absolute Gasteiger partial charge is 0.224 e. The number of amides is 1. The van der Waals surface area contributed by atoms with E-state index in [9.17, 15) is 9.18 Å². The predicted molar refractivity (Wildman–Crippen MR) is 104 cm³/mol. The van der Waals surface area contributed by atoms with Crippen molar-refractivity contribution in [3.8, 4) is 0 Å². The molecular weight excluding hydrogens is 353 g/mol. The summed E-state index contributed by atoms with van der Waals surface area (Å²) in [6, 6.07) is 14.0. The summed E-state index contributed by atoms with van der Waals surface area (Å²) < 4.78 is 13.9. The second-order valence-corrected chi connectivity index (χ2v) is 6.88. The van der Waals surface area contributed by atoms with Crippen LogP contribution >= 0.6 is 11.6 Å². The van der Waals surface area contributed by atoms with Crippen LogP contribution in [0.25, 0.3) is 0 Å². The summed E-state index contributed by atoms with van der Waals surface area (Å²) in [5.41, 5.74) is 1.44. The standard InChI is InChI=1S/C20H23ClFN3O/c21-16-7-9-17(10-8-16)23-20(26)6-3-11-24-12-14-25(15-13-24)19-5-2-1-4-18(19)22/h1-2,4-5,7-10H,3,6,11-15H2,(H,23,26). The fraction of sp³-hybridized carbons (Fsp3) is 0.350. The molecule has 0 aromatic heterocycles. The van der Waals surface area contributed by atoms with Crippen molar-refractivity contribution < 1.29 is 9.18 Å². The summed E-state index contributed by atoms with van der Waals surface area (Å²) in [6.07, 6.45) is 1.29. The molecule has 0 aliphatic carbocycles. The number of benzene rings is 2. The molecule has 4 nitrogen and oxygen atoms in total. The summed E-state index contributed by atoms with van der Waals surface area (Å²) in [5, 5.41) is 3.53. The maximum atomic E-state index is 13.9. The van der Waals surface area contributed by atoms with E-state index in [4.69, 9.17) is 11.6 Å². The van der Waals surface area contributed by atoms with Crippen LogP contribution < -0.4 is 10.2 Å². The maximum Gasteiger partial charge on any atom is 0.224 e. The molecule has 1 aliphatic rings. The first-order chi connectivity index (χ1) is 12.6. The van der Waals surface area contributed by atoms with E-state index < -0.39 is 0 Å². The lowest BCUT2D eigenvalue weighted by Gasteiger charge is -2.36. The molecule has 2 aromatic rings. The van der Waals surface area contributed by atoms with E-state index in [2.05, 4.69) is 15.1 Å². The molecule has 0 atom stereocenters. The highest BCUT2D eigenvalue weighted by Crippen LogP contribution is 2.20. The van der Waals surface area contributed by atoms with Crippen molar-refractivity contribution >= 4 is 28.9 Å². The van der Waals surface area contributed by atoms with Gasteiger partial charge in [-0.25, -0.2) is 4.39 Å². The van der Waals surface area contributed by atoms with Gasteiger partial charge in [-0.1, -0.05) is 23.7 Å². The quantitative estimate of drug-likeness (QED) is 0.828. The van der Waals surface area contributed by atoms with Crippen molar-refractivity contribution in [3.63, 3.8) is 0 Å². The molecule has 3 rings (SSSR count). The Hall–Kier alpha value is -2.11. The number of carbonyl (C=O) groups is 1. The Morgan fingerprint density at radius 3 is 2.42 bits per heavy atom. The fourth-order valence-electron chi connectivity index (χ4n) is 3.14. The first-order valence-corrected chi connectivity index (χ1v) is 9.27. The minimum absolute atomic E-state index is 0.0114. The molecular formula is C20H23ClFN3O. The van der Waals surface area contributed by atoms with Gasteiger partial charge in [0.25, 0.3) is 0 Å². The second kappa shape index (κ2) is 9.01. The highest BCUT2D eigenvalue weighted by molar-refractivity contribution is 6.30. The Labute approximate surface area is 158 Å². The summed E-state index contributed by atoms with van der Waals surface area (Å²) in [4.78, 5) is 16.4. The minimum atomic E-state index is -0.167. The molecule has 1 saturated heterocycles. The lowest BCUT2D eigenvalue weighted by Crippen LogP contribution is -2.47. The van der Waals surface area contributed by atoms with E-state index in [0.717, 1.165) is 44.8 Å². The van der Waals surface area contributed by atoms with Crippen LogP contribution in [-0.2, 0) is 4.79 Å². The van der Waals surface area contributed by atoms with Gasteiger partial charge in [0.1, 0.15) is 5.82 Å². The van der Waals surface area contributed by atoms with Crippen molar-refractivity contribution in [2.24, 2.45) is 0 Å². The first kappa shape index (κ1) is 18.7. The third-order valence-corrected chi connectivity index (χ3v) is 4.82. The van der Waals surface area contributed by atoms with Gasteiger partial charge >= 0.3 is 0 Å². The van der Waals surface area contributed by atoms with Gasteiger partial charge in [0.05, 0.1) is 5.69 Å². The van der Waals surface area contributed by atoms with E-state index >= 15 is 0 Å². The lowest BCUT2D eigenvalue weighted by atomic mass is 10.2. The van der Waals surface area contributed by atoms with Gasteiger partial charge in [-0.15, -0.1) is 0 Å². The molecule has 0 saturated carbocycles. The van der Waals surface area contributed by atoms with E-state index in [1.54, 1.807) is 30.3 Å². The molecule has 6 heteroatoms. The molecule has 1 N–H and O–H groups in total. The molecule has 0 radical (unpaired) electrons. The third-order valence-electron chi connectivity index (χ3n) is 4.57. The number of carbonyl (C=O) groups excluding carboxylic acids is 1. The van der Waals surface area contributed by atoms with Crippen LogP contribution in [0.15, 0.2) is 48.5 Å². The van der Waals surface area contributed by atoms with E-state index in [1.165, 1.54) is 6.07 Å². The number of hydrogen-bond acceptors (Lipinski definition) is 3. The largest absolute Gasteiger partial charge is 0.367 e. The van der Waals surface area contributed by atoms with Gasteiger partial charge in [-0.05, 0) is 49.4 Å². The number of nitrogens with one attached hydrogen (secondary N) is 1. The molecule has 1 aliphatic heterocycles. The summed E-state index contributed by atoms with van der Waals surface area (Å²) in [6.45, 7) is 4.25. The Kier molecular flexibility index (Phi) is 6.47. The Morgan fingerprint density at radius 1 is 1.04 bits per heavy atom. The van der Waals surface area contributed by atoms with Gasteiger partial charge in [0.2, 0.25) is 5.91 Å². The monoisotopic (exact) mass is 375 g/mol. The highest BCUT2D eigenvalue weighted by Gasteiger charge is 2.19. The molecule has 1 heterocycles. The van der Waals surface area contributed by atoms with Crippen LogP contribution in [0.3, 0.4) is 0 Å². The molecule has 2 aromatic carbocycles. The summed E-state index contributed by atoms with van der Waals surface area (Å²) in [5.74, 6) is -0.155. The summed E-state index contributed by atoms with van der Waals surface area (Å²) >= 11 is 5.83. The van der Waals surface area contributed by atoms with Crippen molar-refractivity contribution in [2.45, 2.75) is 12.8 Å². The Balaban J connectivity index is 1.37. The van der Waals surface area contributed by atoms with Crippen molar-refractivity contribution in [1.82, 2.24) is 4.90 Å².